The Morgan fingerprint density at radius 2 is 2.41 bits per heavy atom. The lowest BCUT2D eigenvalue weighted by Gasteiger charge is -2.29. The molecule has 1 amide bonds. The van der Waals surface area contributed by atoms with Crippen LogP contribution in [-0.2, 0) is 24.3 Å². The number of nitrogens with zero attached hydrogens (tertiary/aromatic N) is 2. The van der Waals surface area contributed by atoms with Gasteiger partial charge >= 0.3 is 0 Å². The molecule has 1 fully saturated rings. The summed E-state index contributed by atoms with van der Waals surface area (Å²) in [6.45, 7) is 6.52. The molecule has 1 aromatic rings. The van der Waals surface area contributed by atoms with Crippen molar-refractivity contribution in [2.75, 3.05) is 26.7 Å². The van der Waals surface area contributed by atoms with Gasteiger partial charge in [-0.1, -0.05) is 0 Å². The Morgan fingerprint density at radius 1 is 1.55 bits per heavy atom. The number of amides is 1. The van der Waals surface area contributed by atoms with Crippen LogP contribution < -0.4 is 10.6 Å². The summed E-state index contributed by atoms with van der Waals surface area (Å²) in [7, 11) is 2.09. The maximum atomic E-state index is 12.4. The van der Waals surface area contributed by atoms with Gasteiger partial charge in [0.05, 0.1) is 5.92 Å². The van der Waals surface area contributed by atoms with Gasteiger partial charge in [0, 0.05) is 31.5 Å². The van der Waals surface area contributed by atoms with Crippen LogP contribution in [0.15, 0.2) is 6.20 Å². The van der Waals surface area contributed by atoms with Crippen molar-refractivity contribution in [2.24, 2.45) is 5.92 Å². The van der Waals surface area contributed by atoms with Crippen molar-refractivity contribution in [3.8, 4) is 0 Å². The van der Waals surface area contributed by atoms with Crippen molar-refractivity contribution in [1.29, 1.82) is 0 Å². The largest absolute Gasteiger partial charge is 0.352 e. The van der Waals surface area contributed by atoms with Crippen LogP contribution in [0.2, 0.25) is 0 Å². The molecule has 5 nitrogen and oxygen atoms in total. The van der Waals surface area contributed by atoms with E-state index < -0.39 is 0 Å². The van der Waals surface area contributed by atoms with Crippen LogP contribution in [0.1, 0.15) is 35.2 Å². The van der Waals surface area contributed by atoms with E-state index in [1.165, 1.54) is 16.7 Å². The summed E-state index contributed by atoms with van der Waals surface area (Å²) < 4.78 is 0. The zero-order valence-corrected chi connectivity index (χ0v) is 13.6. The number of carbonyl (C=O) groups excluding carboxylic acids is 1. The monoisotopic (exact) mass is 302 g/mol. The Hall–Kier alpha value is -1.46. The highest BCUT2D eigenvalue weighted by Crippen LogP contribution is 2.21. The second-order valence-electron chi connectivity index (χ2n) is 6.57. The molecule has 1 atom stereocenters. The highest BCUT2D eigenvalue weighted by molar-refractivity contribution is 5.79. The van der Waals surface area contributed by atoms with Crippen LogP contribution in [0.25, 0.3) is 0 Å². The van der Waals surface area contributed by atoms with Crippen LogP contribution in [-0.4, -0.2) is 42.5 Å². The standard InChI is InChI=1S/C17H26N4O/c1-12-16(15-5-6-18-8-14(15)9-19-12)10-20-17(22)13-4-3-7-21(2)11-13/h9,13,18H,3-8,10-11H2,1-2H3,(H,20,22). The van der Waals surface area contributed by atoms with Crippen molar-refractivity contribution in [3.63, 3.8) is 0 Å². The quantitative estimate of drug-likeness (QED) is 0.874. The van der Waals surface area contributed by atoms with Gasteiger partial charge in [-0.2, -0.15) is 0 Å². The summed E-state index contributed by atoms with van der Waals surface area (Å²) in [5.41, 5.74) is 4.92. The predicted molar refractivity (Wildman–Crippen MR) is 86.5 cm³/mol. The van der Waals surface area contributed by atoms with Crippen LogP contribution in [0, 0.1) is 12.8 Å². The second-order valence-corrected chi connectivity index (χ2v) is 6.57. The maximum absolute atomic E-state index is 12.4. The highest BCUT2D eigenvalue weighted by atomic mass is 16.1. The number of pyridine rings is 1. The molecule has 3 heterocycles. The van der Waals surface area contributed by atoms with E-state index in [1.807, 2.05) is 13.1 Å². The van der Waals surface area contributed by atoms with E-state index in [2.05, 4.69) is 27.6 Å². The summed E-state index contributed by atoms with van der Waals surface area (Å²) in [6, 6.07) is 0. The van der Waals surface area contributed by atoms with Gasteiger partial charge < -0.3 is 15.5 Å². The molecule has 1 unspecified atom stereocenters. The third-order valence-electron chi connectivity index (χ3n) is 4.90. The Labute approximate surface area is 132 Å². The molecule has 0 aliphatic carbocycles. The van der Waals surface area contributed by atoms with Crippen molar-refractivity contribution in [1.82, 2.24) is 20.5 Å². The van der Waals surface area contributed by atoms with Gasteiger partial charge in [-0.15, -0.1) is 0 Å². The predicted octanol–water partition coefficient (Wildman–Crippen LogP) is 0.994. The van der Waals surface area contributed by atoms with Crippen molar-refractivity contribution >= 4 is 5.91 Å². The number of aryl methyl sites for hydroxylation is 1. The smallest absolute Gasteiger partial charge is 0.224 e. The fourth-order valence-corrected chi connectivity index (χ4v) is 3.58. The number of aromatic nitrogens is 1. The van der Waals surface area contributed by atoms with Crippen molar-refractivity contribution in [2.45, 2.75) is 39.3 Å². The first-order chi connectivity index (χ1) is 10.6. The van der Waals surface area contributed by atoms with Gasteiger partial charge in [-0.05, 0) is 63.0 Å². The van der Waals surface area contributed by atoms with E-state index in [-0.39, 0.29) is 11.8 Å². The first-order valence-corrected chi connectivity index (χ1v) is 8.28. The van der Waals surface area contributed by atoms with Crippen molar-refractivity contribution < 1.29 is 4.79 Å². The molecule has 3 rings (SSSR count). The first kappa shape index (κ1) is 15.4. The zero-order valence-electron chi connectivity index (χ0n) is 13.6. The third-order valence-corrected chi connectivity index (χ3v) is 4.90. The number of likely N-dealkylation sites (tertiary alicyclic amines) is 1. The summed E-state index contributed by atoms with van der Waals surface area (Å²) in [5, 5.41) is 6.53. The lowest BCUT2D eigenvalue weighted by molar-refractivity contribution is -0.126. The molecule has 0 radical (unpaired) electrons. The minimum absolute atomic E-state index is 0.133. The van der Waals surface area contributed by atoms with E-state index >= 15 is 0 Å². The summed E-state index contributed by atoms with van der Waals surface area (Å²) >= 11 is 0. The minimum Gasteiger partial charge on any atom is -0.352 e. The summed E-state index contributed by atoms with van der Waals surface area (Å²) in [5.74, 6) is 0.325. The van der Waals surface area contributed by atoms with Crippen molar-refractivity contribution in [3.05, 3.63) is 28.6 Å². The molecule has 120 valence electrons. The van der Waals surface area contributed by atoms with Gasteiger partial charge in [0.1, 0.15) is 0 Å². The van der Waals surface area contributed by atoms with Crippen LogP contribution in [0.3, 0.4) is 0 Å². The fraction of sp³-hybridized carbons (Fsp3) is 0.647. The van der Waals surface area contributed by atoms with E-state index in [0.29, 0.717) is 6.54 Å². The zero-order chi connectivity index (χ0) is 15.5. The van der Waals surface area contributed by atoms with Gasteiger partial charge in [0.2, 0.25) is 5.91 Å². The SMILES string of the molecule is Cc1ncc2c(c1CNC(=O)C1CCCN(C)C1)CCNC2. The third kappa shape index (κ3) is 3.31. The molecular formula is C17H26N4O. The van der Waals surface area contributed by atoms with Gasteiger partial charge in [0.25, 0.3) is 0 Å². The van der Waals surface area contributed by atoms with Crippen LogP contribution in [0.5, 0.6) is 0 Å². The number of piperidine rings is 1. The molecule has 1 saturated heterocycles. The lowest BCUT2D eigenvalue weighted by atomic mass is 9.95. The van der Waals surface area contributed by atoms with Crippen LogP contribution >= 0.6 is 0 Å². The molecule has 0 saturated carbocycles. The summed E-state index contributed by atoms with van der Waals surface area (Å²) in [4.78, 5) is 19.2. The molecule has 22 heavy (non-hydrogen) atoms. The Kier molecular flexibility index (Phi) is 4.74. The van der Waals surface area contributed by atoms with Gasteiger partial charge in [-0.3, -0.25) is 9.78 Å². The molecule has 1 aromatic heterocycles. The van der Waals surface area contributed by atoms with E-state index in [4.69, 9.17) is 0 Å². The number of carbonyl (C=O) groups is 1. The highest BCUT2D eigenvalue weighted by Gasteiger charge is 2.24. The Morgan fingerprint density at radius 3 is 3.23 bits per heavy atom. The number of hydrogen-bond donors (Lipinski definition) is 2. The topological polar surface area (TPSA) is 57.3 Å². The molecule has 5 heteroatoms. The van der Waals surface area contributed by atoms with E-state index in [1.54, 1.807) is 0 Å². The molecule has 0 aromatic carbocycles. The number of rotatable bonds is 3. The van der Waals surface area contributed by atoms with E-state index in [0.717, 1.165) is 51.1 Å². The Bertz CT molecular complexity index is 558. The number of hydrogen-bond acceptors (Lipinski definition) is 4. The van der Waals surface area contributed by atoms with Gasteiger partial charge in [-0.25, -0.2) is 0 Å². The fourth-order valence-electron chi connectivity index (χ4n) is 3.58. The second kappa shape index (κ2) is 6.75. The first-order valence-electron chi connectivity index (χ1n) is 8.28. The normalized spacial score (nSPS) is 22.2. The summed E-state index contributed by atoms with van der Waals surface area (Å²) in [6.07, 6.45) is 5.11. The Balaban J connectivity index is 1.67. The molecule has 2 aliphatic heterocycles. The average Bonchev–Trinajstić information content (AvgIpc) is 2.53. The number of fused-ring (bicyclic) bond motifs is 1. The van der Waals surface area contributed by atoms with Crippen LogP contribution in [0.4, 0.5) is 0 Å². The minimum atomic E-state index is 0.133. The van der Waals surface area contributed by atoms with Gasteiger partial charge in [0.15, 0.2) is 0 Å². The molecule has 0 spiro atoms. The molecular weight excluding hydrogens is 276 g/mol. The lowest BCUT2D eigenvalue weighted by Crippen LogP contribution is -2.41. The molecule has 2 N–H and O–H groups in total. The maximum Gasteiger partial charge on any atom is 0.224 e. The number of nitrogens with one attached hydrogen (secondary N) is 2. The average molecular weight is 302 g/mol. The van der Waals surface area contributed by atoms with E-state index in [9.17, 15) is 4.79 Å². The molecule has 2 aliphatic rings. The molecule has 0 bridgehead atoms.